The first kappa shape index (κ1) is 18.4. The summed E-state index contributed by atoms with van der Waals surface area (Å²) in [4.78, 5) is 17.0. The highest BCUT2D eigenvalue weighted by Gasteiger charge is 2.21. The zero-order valence-corrected chi connectivity index (χ0v) is 16.4. The van der Waals surface area contributed by atoms with E-state index in [4.69, 9.17) is 0 Å². The first-order chi connectivity index (χ1) is 13.6. The summed E-state index contributed by atoms with van der Waals surface area (Å²) in [5.41, 5.74) is 4.71. The van der Waals surface area contributed by atoms with Crippen LogP contribution >= 0.6 is 0 Å². The summed E-state index contributed by atoms with van der Waals surface area (Å²) in [6.07, 6.45) is 9.25. The molecule has 1 heterocycles. The molecule has 0 aliphatic heterocycles. The van der Waals surface area contributed by atoms with E-state index in [1.807, 2.05) is 18.3 Å². The van der Waals surface area contributed by atoms with Crippen LogP contribution < -0.4 is 5.32 Å². The van der Waals surface area contributed by atoms with Gasteiger partial charge in [-0.15, -0.1) is 0 Å². The molecule has 3 heteroatoms. The van der Waals surface area contributed by atoms with Gasteiger partial charge in [0, 0.05) is 17.5 Å². The number of carbonyl (C=O) groups excluding carboxylic acids is 1. The molecule has 1 saturated carbocycles. The number of aromatic nitrogens is 1. The molecule has 1 aliphatic carbocycles. The molecule has 0 radical (unpaired) electrons. The third-order valence-corrected chi connectivity index (χ3v) is 5.76. The Morgan fingerprint density at radius 3 is 2.68 bits per heavy atom. The van der Waals surface area contributed by atoms with Crippen molar-refractivity contribution < 1.29 is 4.79 Å². The number of anilines is 1. The molecule has 3 nitrogen and oxygen atoms in total. The molecular formula is C25H26N2O. The Bertz CT molecular complexity index is 1030. The quantitative estimate of drug-likeness (QED) is 0.579. The van der Waals surface area contributed by atoms with Gasteiger partial charge in [-0.2, -0.15) is 0 Å². The fourth-order valence-electron chi connectivity index (χ4n) is 4.05. The summed E-state index contributed by atoms with van der Waals surface area (Å²) < 4.78 is 0. The zero-order chi connectivity index (χ0) is 19.5. The minimum Gasteiger partial charge on any atom is -0.310 e. The minimum absolute atomic E-state index is 0.111. The maximum Gasteiger partial charge on any atom is 0.228 e. The summed E-state index contributed by atoms with van der Waals surface area (Å²) in [6.45, 7) is 5.99. The largest absolute Gasteiger partial charge is 0.310 e. The third-order valence-electron chi connectivity index (χ3n) is 5.76. The van der Waals surface area contributed by atoms with E-state index in [1.165, 1.54) is 17.5 Å². The lowest BCUT2D eigenvalue weighted by molar-refractivity contribution is -0.120. The molecule has 0 saturated heterocycles. The second kappa shape index (κ2) is 7.97. The van der Waals surface area contributed by atoms with E-state index in [-0.39, 0.29) is 11.8 Å². The Kier molecular flexibility index (Phi) is 5.25. The van der Waals surface area contributed by atoms with Crippen molar-refractivity contribution in [3.05, 3.63) is 66.4 Å². The maximum atomic E-state index is 12.5. The Labute approximate surface area is 166 Å². The summed E-state index contributed by atoms with van der Waals surface area (Å²) in [5.74, 6) is 0.884. The molecule has 1 aliphatic rings. The lowest BCUT2D eigenvalue weighted by Crippen LogP contribution is -2.25. The van der Waals surface area contributed by atoms with Gasteiger partial charge < -0.3 is 5.32 Å². The van der Waals surface area contributed by atoms with Crippen LogP contribution in [0.25, 0.3) is 28.0 Å². The number of nitrogens with one attached hydrogen (secondary N) is 1. The number of nitrogens with zero attached hydrogens (tertiary/aromatic N) is 1. The van der Waals surface area contributed by atoms with Crippen LogP contribution in [-0.4, -0.2) is 10.9 Å². The Balaban J connectivity index is 1.59. The molecule has 4 rings (SSSR count). The highest BCUT2D eigenvalue weighted by atomic mass is 16.1. The lowest BCUT2D eigenvalue weighted by Gasteiger charge is -2.20. The van der Waals surface area contributed by atoms with Crippen LogP contribution in [0.1, 0.15) is 43.2 Å². The SMILES string of the molecule is C=Cc1ccc(C)c(-c2ccc3cc(NC(=O)C4CCCCC4)ncc3c2)c1. The number of pyridine rings is 1. The van der Waals surface area contributed by atoms with Gasteiger partial charge in [0.2, 0.25) is 5.91 Å². The second-order valence-corrected chi connectivity index (χ2v) is 7.73. The minimum atomic E-state index is 0.111. The van der Waals surface area contributed by atoms with Crippen LogP contribution in [0.4, 0.5) is 5.82 Å². The average Bonchev–Trinajstić information content (AvgIpc) is 2.74. The highest BCUT2D eigenvalue weighted by Crippen LogP contribution is 2.29. The van der Waals surface area contributed by atoms with Crippen molar-refractivity contribution in [1.29, 1.82) is 0 Å². The predicted octanol–water partition coefficient (Wildman–Crippen LogP) is 6.37. The molecular weight excluding hydrogens is 344 g/mol. The van der Waals surface area contributed by atoms with Crippen molar-refractivity contribution in [2.45, 2.75) is 39.0 Å². The van der Waals surface area contributed by atoms with Gasteiger partial charge in [-0.05, 0) is 65.6 Å². The van der Waals surface area contributed by atoms with Gasteiger partial charge >= 0.3 is 0 Å². The lowest BCUT2D eigenvalue weighted by atomic mass is 9.89. The Morgan fingerprint density at radius 1 is 1.07 bits per heavy atom. The summed E-state index contributed by atoms with van der Waals surface area (Å²) in [5, 5.41) is 5.16. The molecule has 0 bridgehead atoms. The monoisotopic (exact) mass is 370 g/mol. The van der Waals surface area contributed by atoms with Crippen LogP contribution in [0.5, 0.6) is 0 Å². The van der Waals surface area contributed by atoms with E-state index in [2.05, 4.69) is 60.2 Å². The van der Waals surface area contributed by atoms with E-state index in [9.17, 15) is 4.79 Å². The average molecular weight is 370 g/mol. The normalized spacial score (nSPS) is 14.8. The van der Waals surface area contributed by atoms with E-state index in [0.29, 0.717) is 5.82 Å². The fourth-order valence-corrected chi connectivity index (χ4v) is 4.05. The van der Waals surface area contributed by atoms with Crippen LogP contribution in [0.3, 0.4) is 0 Å². The molecule has 0 spiro atoms. The van der Waals surface area contributed by atoms with Crippen LogP contribution in [0, 0.1) is 12.8 Å². The van der Waals surface area contributed by atoms with Crippen molar-refractivity contribution >= 4 is 28.6 Å². The number of amides is 1. The van der Waals surface area contributed by atoms with Crippen molar-refractivity contribution in [2.24, 2.45) is 5.92 Å². The molecule has 1 aromatic heterocycles. The van der Waals surface area contributed by atoms with Gasteiger partial charge in [-0.25, -0.2) is 4.98 Å². The maximum absolute atomic E-state index is 12.5. The van der Waals surface area contributed by atoms with Gasteiger partial charge in [0.1, 0.15) is 5.82 Å². The first-order valence-electron chi connectivity index (χ1n) is 10.1. The molecule has 2 aromatic carbocycles. The summed E-state index contributed by atoms with van der Waals surface area (Å²) in [7, 11) is 0. The van der Waals surface area contributed by atoms with Crippen molar-refractivity contribution in [1.82, 2.24) is 4.98 Å². The Morgan fingerprint density at radius 2 is 1.89 bits per heavy atom. The number of fused-ring (bicyclic) bond motifs is 1. The number of aryl methyl sites for hydroxylation is 1. The molecule has 1 fully saturated rings. The fraction of sp³-hybridized carbons (Fsp3) is 0.280. The standard InChI is InChI=1S/C25H26N2O/c1-3-18-10-9-17(2)23(13-18)21-12-11-20-15-24(26-16-22(20)14-21)27-25(28)19-7-5-4-6-8-19/h3,9-16,19H,1,4-8H2,2H3,(H,26,27,28). The zero-order valence-electron chi connectivity index (χ0n) is 16.4. The number of benzene rings is 2. The summed E-state index contributed by atoms with van der Waals surface area (Å²) in [6, 6.07) is 14.7. The smallest absolute Gasteiger partial charge is 0.228 e. The van der Waals surface area contributed by atoms with E-state index >= 15 is 0 Å². The topological polar surface area (TPSA) is 42.0 Å². The molecule has 0 unspecified atom stereocenters. The number of rotatable bonds is 4. The number of carbonyl (C=O) groups is 1. The second-order valence-electron chi connectivity index (χ2n) is 7.73. The van der Waals surface area contributed by atoms with Gasteiger partial charge in [0.05, 0.1) is 0 Å². The van der Waals surface area contributed by atoms with Crippen molar-refractivity contribution in [3.63, 3.8) is 0 Å². The van der Waals surface area contributed by atoms with E-state index in [1.54, 1.807) is 0 Å². The van der Waals surface area contributed by atoms with E-state index in [0.717, 1.165) is 47.6 Å². The number of hydrogen-bond acceptors (Lipinski definition) is 2. The molecule has 28 heavy (non-hydrogen) atoms. The van der Waals surface area contributed by atoms with Gasteiger partial charge in [-0.3, -0.25) is 4.79 Å². The van der Waals surface area contributed by atoms with Gasteiger partial charge in [0.25, 0.3) is 0 Å². The summed E-state index contributed by atoms with van der Waals surface area (Å²) >= 11 is 0. The Hall–Kier alpha value is -2.94. The molecule has 1 amide bonds. The molecule has 142 valence electrons. The molecule has 3 aromatic rings. The molecule has 1 N–H and O–H groups in total. The van der Waals surface area contributed by atoms with Crippen LogP contribution in [-0.2, 0) is 4.79 Å². The predicted molar refractivity (Wildman–Crippen MR) is 117 cm³/mol. The molecule has 0 atom stereocenters. The highest BCUT2D eigenvalue weighted by molar-refractivity contribution is 5.95. The third kappa shape index (κ3) is 3.84. The van der Waals surface area contributed by atoms with Gasteiger partial charge in [0.15, 0.2) is 0 Å². The van der Waals surface area contributed by atoms with Crippen molar-refractivity contribution in [3.8, 4) is 11.1 Å². The van der Waals surface area contributed by atoms with E-state index < -0.39 is 0 Å². The first-order valence-corrected chi connectivity index (χ1v) is 10.1. The number of hydrogen-bond donors (Lipinski definition) is 1. The van der Waals surface area contributed by atoms with Crippen LogP contribution in [0.2, 0.25) is 0 Å². The van der Waals surface area contributed by atoms with Crippen LogP contribution in [0.15, 0.2) is 55.2 Å². The van der Waals surface area contributed by atoms with Gasteiger partial charge in [-0.1, -0.05) is 56.2 Å². The van der Waals surface area contributed by atoms with Crippen molar-refractivity contribution in [2.75, 3.05) is 5.32 Å².